The smallest absolute Gasteiger partial charge is 0.234 e. The van der Waals surface area contributed by atoms with Gasteiger partial charge in [0.05, 0.1) is 5.75 Å². The molecule has 2 aromatic rings. The molecule has 1 heterocycles. The van der Waals surface area contributed by atoms with Crippen molar-refractivity contribution in [3.63, 3.8) is 0 Å². The van der Waals surface area contributed by atoms with Crippen molar-refractivity contribution in [2.75, 3.05) is 16.4 Å². The Morgan fingerprint density at radius 3 is 2.58 bits per heavy atom. The topological polar surface area (TPSA) is 66.9 Å². The largest absolute Gasteiger partial charge is 0.357 e. The molecule has 1 aliphatic rings. The highest BCUT2D eigenvalue weighted by atomic mass is 32.2. The van der Waals surface area contributed by atoms with E-state index in [0.717, 1.165) is 28.0 Å². The van der Waals surface area contributed by atoms with Gasteiger partial charge in [-0.25, -0.2) is 0 Å². The number of anilines is 2. The summed E-state index contributed by atoms with van der Waals surface area (Å²) in [6.07, 6.45) is 4.23. The normalized spacial score (nSPS) is 13.8. The maximum Gasteiger partial charge on any atom is 0.234 e. The van der Waals surface area contributed by atoms with Crippen LogP contribution in [0.3, 0.4) is 0 Å². The summed E-state index contributed by atoms with van der Waals surface area (Å²) >= 11 is 2.95. The molecule has 1 saturated carbocycles. The summed E-state index contributed by atoms with van der Waals surface area (Å²) < 4.78 is 0.827. The fourth-order valence-corrected chi connectivity index (χ4v) is 4.06. The van der Waals surface area contributed by atoms with Crippen molar-refractivity contribution < 1.29 is 4.79 Å². The zero-order valence-corrected chi connectivity index (χ0v) is 15.6. The molecule has 0 bridgehead atoms. The van der Waals surface area contributed by atoms with E-state index in [9.17, 15) is 4.79 Å². The number of nitrogens with one attached hydrogen (secondary N) is 2. The standard InChI is InChI=1S/C17H22N4OS2/c1-3-11-6-5-7-12(4-2)15(11)19-14(22)10-23-17-21-20-16(24-17)18-13-8-9-13/h5-7,13H,3-4,8-10H2,1-2H3,(H,18,20)(H,19,22). The van der Waals surface area contributed by atoms with Crippen LogP contribution in [0.5, 0.6) is 0 Å². The third-order valence-corrected chi connectivity index (χ3v) is 5.89. The lowest BCUT2D eigenvalue weighted by atomic mass is 10.0. The van der Waals surface area contributed by atoms with Crippen LogP contribution in [0.1, 0.15) is 37.8 Å². The van der Waals surface area contributed by atoms with Gasteiger partial charge in [0.15, 0.2) is 4.34 Å². The van der Waals surface area contributed by atoms with Crippen LogP contribution in [-0.4, -0.2) is 27.9 Å². The molecule has 1 aromatic carbocycles. The Hall–Kier alpha value is -1.60. The SMILES string of the molecule is CCc1cccc(CC)c1NC(=O)CSc1nnc(NC2CC2)s1. The van der Waals surface area contributed by atoms with Crippen LogP contribution in [0, 0.1) is 0 Å². The lowest BCUT2D eigenvalue weighted by Gasteiger charge is -2.14. The molecule has 5 nitrogen and oxygen atoms in total. The van der Waals surface area contributed by atoms with Gasteiger partial charge in [0.1, 0.15) is 0 Å². The molecule has 2 N–H and O–H groups in total. The van der Waals surface area contributed by atoms with E-state index < -0.39 is 0 Å². The lowest BCUT2D eigenvalue weighted by molar-refractivity contribution is -0.113. The van der Waals surface area contributed by atoms with Gasteiger partial charge in [-0.1, -0.05) is 55.1 Å². The second-order valence-electron chi connectivity index (χ2n) is 5.79. The molecule has 0 radical (unpaired) electrons. The Kier molecular flexibility index (Phi) is 5.73. The van der Waals surface area contributed by atoms with Crippen molar-refractivity contribution in [1.82, 2.24) is 10.2 Å². The Balaban J connectivity index is 1.56. The number of hydrogen-bond acceptors (Lipinski definition) is 6. The van der Waals surface area contributed by atoms with Gasteiger partial charge in [-0.05, 0) is 36.8 Å². The molecule has 3 rings (SSSR count). The summed E-state index contributed by atoms with van der Waals surface area (Å²) in [6.45, 7) is 4.21. The van der Waals surface area contributed by atoms with Gasteiger partial charge < -0.3 is 10.6 Å². The third-order valence-electron chi connectivity index (χ3n) is 3.90. The molecular formula is C17H22N4OS2. The molecule has 1 fully saturated rings. The van der Waals surface area contributed by atoms with Crippen molar-refractivity contribution in [3.8, 4) is 0 Å². The van der Waals surface area contributed by atoms with Crippen LogP contribution in [0.15, 0.2) is 22.5 Å². The number of rotatable bonds is 8. The second kappa shape index (κ2) is 7.98. The second-order valence-corrected chi connectivity index (χ2v) is 7.99. The van der Waals surface area contributed by atoms with Crippen LogP contribution in [0.25, 0.3) is 0 Å². The first-order chi connectivity index (χ1) is 11.7. The Labute approximate surface area is 150 Å². The molecule has 0 atom stereocenters. The maximum absolute atomic E-state index is 12.3. The van der Waals surface area contributed by atoms with Gasteiger partial charge in [-0.3, -0.25) is 4.79 Å². The minimum Gasteiger partial charge on any atom is -0.357 e. The van der Waals surface area contributed by atoms with E-state index in [4.69, 9.17) is 0 Å². The average Bonchev–Trinajstić information content (AvgIpc) is 3.29. The molecule has 1 aromatic heterocycles. The number of carbonyl (C=O) groups is 1. The van der Waals surface area contributed by atoms with Gasteiger partial charge >= 0.3 is 0 Å². The van der Waals surface area contributed by atoms with Crippen LogP contribution in [0.2, 0.25) is 0 Å². The molecule has 1 amide bonds. The van der Waals surface area contributed by atoms with E-state index in [0.29, 0.717) is 11.8 Å². The molecule has 1 aliphatic carbocycles. The number of hydrogen-bond donors (Lipinski definition) is 2. The number of para-hydroxylation sites is 1. The number of carbonyl (C=O) groups excluding carboxylic acids is 1. The number of thioether (sulfide) groups is 1. The molecular weight excluding hydrogens is 340 g/mol. The van der Waals surface area contributed by atoms with Crippen LogP contribution in [0.4, 0.5) is 10.8 Å². The molecule has 128 valence electrons. The number of aromatic nitrogens is 2. The van der Waals surface area contributed by atoms with E-state index in [1.54, 1.807) is 0 Å². The first-order valence-electron chi connectivity index (χ1n) is 8.33. The van der Waals surface area contributed by atoms with Crippen LogP contribution >= 0.6 is 23.1 Å². The fourth-order valence-electron chi connectivity index (χ4n) is 2.43. The zero-order valence-electron chi connectivity index (χ0n) is 14.0. The van der Waals surface area contributed by atoms with Crippen molar-refractivity contribution in [1.29, 1.82) is 0 Å². The van der Waals surface area contributed by atoms with E-state index in [1.807, 2.05) is 0 Å². The lowest BCUT2D eigenvalue weighted by Crippen LogP contribution is -2.16. The number of aryl methyl sites for hydroxylation is 2. The number of benzene rings is 1. The predicted molar refractivity (Wildman–Crippen MR) is 101 cm³/mol. The first-order valence-corrected chi connectivity index (χ1v) is 10.1. The van der Waals surface area contributed by atoms with E-state index in [-0.39, 0.29) is 5.91 Å². The third kappa shape index (κ3) is 4.48. The number of nitrogens with zero attached hydrogens (tertiary/aromatic N) is 2. The van der Waals surface area contributed by atoms with Crippen molar-refractivity contribution in [2.45, 2.75) is 49.9 Å². The summed E-state index contributed by atoms with van der Waals surface area (Å²) in [5.41, 5.74) is 3.33. The quantitative estimate of drug-likeness (QED) is 0.696. The highest BCUT2D eigenvalue weighted by molar-refractivity contribution is 8.01. The molecule has 0 saturated heterocycles. The van der Waals surface area contributed by atoms with Crippen molar-refractivity contribution >= 4 is 39.8 Å². The van der Waals surface area contributed by atoms with E-state index >= 15 is 0 Å². The molecule has 0 unspecified atom stereocenters. The summed E-state index contributed by atoms with van der Waals surface area (Å²) in [7, 11) is 0. The van der Waals surface area contributed by atoms with Gasteiger partial charge in [-0.2, -0.15) is 0 Å². The average molecular weight is 363 g/mol. The number of amides is 1. The van der Waals surface area contributed by atoms with Crippen molar-refractivity contribution in [2.24, 2.45) is 0 Å². The highest BCUT2D eigenvalue weighted by Gasteiger charge is 2.22. The van der Waals surface area contributed by atoms with E-state index in [2.05, 4.69) is 52.9 Å². The Bertz CT molecular complexity index is 690. The van der Waals surface area contributed by atoms with Crippen LogP contribution < -0.4 is 10.6 Å². The Morgan fingerprint density at radius 1 is 1.25 bits per heavy atom. The maximum atomic E-state index is 12.3. The predicted octanol–water partition coefficient (Wildman–Crippen LogP) is 3.97. The van der Waals surface area contributed by atoms with Crippen LogP contribution in [-0.2, 0) is 17.6 Å². The molecule has 24 heavy (non-hydrogen) atoms. The summed E-state index contributed by atoms with van der Waals surface area (Å²) in [5.74, 6) is 0.349. The van der Waals surface area contributed by atoms with Gasteiger partial charge in [-0.15, -0.1) is 10.2 Å². The Morgan fingerprint density at radius 2 is 1.96 bits per heavy atom. The van der Waals surface area contributed by atoms with Gasteiger partial charge in [0.25, 0.3) is 0 Å². The van der Waals surface area contributed by atoms with Gasteiger partial charge in [0.2, 0.25) is 11.0 Å². The molecule has 0 spiro atoms. The highest BCUT2D eigenvalue weighted by Crippen LogP contribution is 2.30. The summed E-state index contributed by atoms with van der Waals surface area (Å²) in [6, 6.07) is 6.76. The first kappa shape index (κ1) is 17.2. The zero-order chi connectivity index (χ0) is 16.9. The summed E-state index contributed by atoms with van der Waals surface area (Å²) in [4.78, 5) is 12.3. The monoisotopic (exact) mass is 362 g/mol. The fraction of sp³-hybridized carbons (Fsp3) is 0.471. The molecule has 0 aliphatic heterocycles. The minimum absolute atomic E-state index is 0.00232. The summed E-state index contributed by atoms with van der Waals surface area (Å²) in [5, 5.41) is 15.5. The minimum atomic E-state index is 0.00232. The van der Waals surface area contributed by atoms with Gasteiger partial charge in [0, 0.05) is 11.7 Å². The van der Waals surface area contributed by atoms with E-state index in [1.165, 1.54) is 47.1 Å². The van der Waals surface area contributed by atoms with Crippen molar-refractivity contribution in [3.05, 3.63) is 29.3 Å². The molecule has 7 heteroatoms.